The predicted molar refractivity (Wildman–Crippen MR) is 138 cm³/mol. The number of halogens is 1. The fourth-order valence-corrected chi connectivity index (χ4v) is 6.03. The summed E-state index contributed by atoms with van der Waals surface area (Å²) in [5.41, 5.74) is 6.68. The summed E-state index contributed by atoms with van der Waals surface area (Å²) in [7, 11) is 0. The molecule has 4 nitrogen and oxygen atoms in total. The molecule has 1 saturated heterocycles. The highest BCUT2D eigenvalue weighted by Gasteiger charge is 2.32. The van der Waals surface area contributed by atoms with Crippen LogP contribution in [0.25, 0.3) is 0 Å². The van der Waals surface area contributed by atoms with E-state index in [1.807, 2.05) is 60.4 Å². The van der Waals surface area contributed by atoms with Gasteiger partial charge in [0.25, 0.3) is 5.91 Å². The van der Waals surface area contributed by atoms with Crippen LogP contribution in [-0.2, 0) is 24.2 Å². The summed E-state index contributed by atoms with van der Waals surface area (Å²) in [6, 6.07) is 21.7. The van der Waals surface area contributed by atoms with Gasteiger partial charge >= 0.3 is 0 Å². The standard InChI is InChI=1S/C28H27ClN2O2S/c1-18(23-12-7-20-3-2-4-24(20)15-23)30-27(33)21-8-10-22(11-9-21)28-31(26(32)17-34-28)16-19-5-13-25(29)14-6-19/h5-15,18,28H,2-4,16-17H2,1H3,(H,30,33)/t18-,28+/m1/s1. The van der Waals surface area contributed by atoms with Crippen LogP contribution in [-0.4, -0.2) is 22.5 Å². The maximum Gasteiger partial charge on any atom is 0.251 e. The number of aryl methyl sites for hydroxylation is 2. The van der Waals surface area contributed by atoms with Gasteiger partial charge < -0.3 is 10.2 Å². The van der Waals surface area contributed by atoms with Gasteiger partial charge in [0.2, 0.25) is 5.91 Å². The van der Waals surface area contributed by atoms with Gasteiger partial charge in [0, 0.05) is 17.1 Å². The van der Waals surface area contributed by atoms with Crippen LogP contribution in [0.4, 0.5) is 0 Å². The molecule has 2 atom stereocenters. The van der Waals surface area contributed by atoms with Crippen LogP contribution in [0.2, 0.25) is 5.02 Å². The molecule has 174 valence electrons. The molecule has 3 aromatic carbocycles. The van der Waals surface area contributed by atoms with Crippen molar-refractivity contribution in [2.45, 2.75) is 44.1 Å². The van der Waals surface area contributed by atoms with Crippen molar-refractivity contribution in [1.29, 1.82) is 0 Å². The van der Waals surface area contributed by atoms with E-state index in [1.54, 1.807) is 11.8 Å². The van der Waals surface area contributed by atoms with E-state index in [-0.39, 0.29) is 23.2 Å². The van der Waals surface area contributed by atoms with Gasteiger partial charge in [-0.15, -0.1) is 11.8 Å². The summed E-state index contributed by atoms with van der Waals surface area (Å²) in [5.74, 6) is 0.487. The number of amides is 2. The maximum atomic E-state index is 12.9. The van der Waals surface area contributed by atoms with Crippen molar-refractivity contribution in [3.8, 4) is 0 Å². The number of rotatable bonds is 6. The number of hydrogen-bond donors (Lipinski definition) is 1. The minimum absolute atomic E-state index is 0.0593. The van der Waals surface area contributed by atoms with Crippen LogP contribution in [0.15, 0.2) is 66.7 Å². The van der Waals surface area contributed by atoms with Crippen molar-refractivity contribution >= 4 is 35.2 Å². The smallest absolute Gasteiger partial charge is 0.251 e. The van der Waals surface area contributed by atoms with Gasteiger partial charge in [-0.3, -0.25) is 9.59 Å². The van der Waals surface area contributed by atoms with Crippen molar-refractivity contribution in [2.24, 2.45) is 0 Å². The molecule has 1 N–H and O–H groups in total. The molecule has 5 rings (SSSR count). The third-order valence-electron chi connectivity index (χ3n) is 6.66. The Morgan fingerprint density at radius 1 is 1.06 bits per heavy atom. The second-order valence-electron chi connectivity index (χ2n) is 9.01. The molecule has 0 radical (unpaired) electrons. The van der Waals surface area contributed by atoms with E-state index in [0.717, 1.165) is 29.5 Å². The maximum absolute atomic E-state index is 12.9. The Labute approximate surface area is 209 Å². The highest BCUT2D eigenvalue weighted by molar-refractivity contribution is 8.00. The van der Waals surface area contributed by atoms with E-state index in [2.05, 4.69) is 23.5 Å². The number of carbonyl (C=O) groups is 2. The molecule has 1 fully saturated rings. The number of carbonyl (C=O) groups excluding carboxylic acids is 2. The van der Waals surface area contributed by atoms with Crippen molar-refractivity contribution < 1.29 is 9.59 Å². The molecule has 0 aromatic heterocycles. The Morgan fingerprint density at radius 3 is 2.56 bits per heavy atom. The van der Waals surface area contributed by atoms with Crippen molar-refractivity contribution in [1.82, 2.24) is 10.2 Å². The van der Waals surface area contributed by atoms with Gasteiger partial charge in [0.1, 0.15) is 5.37 Å². The monoisotopic (exact) mass is 490 g/mol. The first-order valence-corrected chi connectivity index (χ1v) is 13.1. The summed E-state index contributed by atoms with van der Waals surface area (Å²) < 4.78 is 0. The SMILES string of the molecule is C[C@@H](NC(=O)c1ccc([C@@H]2SCC(=O)N2Cc2ccc(Cl)cc2)cc1)c1ccc2c(c1)CCC2. The minimum atomic E-state index is -0.0901. The second-order valence-corrected chi connectivity index (χ2v) is 10.5. The summed E-state index contributed by atoms with van der Waals surface area (Å²) >= 11 is 7.61. The van der Waals surface area contributed by atoms with Gasteiger partial charge in [-0.05, 0) is 78.3 Å². The van der Waals surface area contributed by atoms with Crippen LogP contribution >= 0.6 is 23.4 Å². The zero-order valence-electron chi connectivity index (χ0n) is 19.1. The molecular weight excluding hydrogens is 464 g/mol. The zero-order valence-corrected chi connectivity index (χ0v) is 20.7. The molecule has 0 bridgehead atoms. The van der Waals surface area contributed by atoms with E-state index in [1.165, 1.54) is 17.5 Å². The summed E-state index contributed by atoms with van der Waals surface area (Å²) in [5, 5.41) is 3.74. The average Bonchev–Trinajstić information content (AvgIpc) is 3.46. The molecular formula is C28H27ClN2O2S. The molecule has 2 aliphatic rings. The van der Waals surface area contributed by atoms with E-state index >= 15 is 0 Å². The molecule has 1 heterocycles. The lowest BCUT2D eigenvalue weighted by Crippen LogP contribution is -2.28. The van der Waals surface area contributed by atoms with Crippen molar-refractivity contribution in [3.63, 3.8) is 0 Å². The molecule has 1 aliphatic carbocycles. The zero-order chi connectivity index (χ0) is 23.7. The topological polar surface area (TPSA) is 49.4 Å². The predicted octanol–water partition coefficient (Wildman–Crippen LogP) is 6.09. The third kappa shape index (κ3) is 4.86. The molecule has 2 amide bonds. The average molecular weight is 491 g/mol. The van der Waals surface area contributed by atoms with Gasteiger partial charge in [-0.2, -0.15) is 0 Å². The lowest BCUT2D eigenvalue weighted by molar-refractivity contribution is -0.128. The van der Waals surface area contributed by atoms with Crippen molar-refractivity contribution in [2.75, 3.05) is 5.75 Å². The van der Waals surface area contributed by atoms with Crippen LogP contribution in [0, 0.1) is 0 Å². The normalized spacial score (nSPS) is 18.1. The highest BCUT2D eigenvalue weighted by Crippen LogP contribution is 2.39. The summed E-state index contributed by atoms with van der Waals surface area (Å²) in [6.45, 7) is 2.56. The Hall–Kier alpha value is -2.76. The fraction of sp³-hybridized carbons (Fsp3) is 0.286. The molecule has 1 aliphatic heterocycles. The molecule has 0 spiro atoms. The van der Waals surface area contributed by atoms with Crippen LogP contribution < -0.4 is 5.32 Å². The Morgan fingerprint density at radius 2 is 1.79 bits per heavy atom. The molecule has 3 aromatic rings. The van der Waals surface area contributed by atoms with E-state index in [0.29, 0.717) is 22.9 Å². The molecule has 0 unspecified atom stereocenters. The van der Waals surface area contributed by atoms with Gasteiger partial charge in [0.15, 0.2) is 0 Å². The Balaban J connectivity index is 1.25. The number of hydrogen-bond acceptors (Lipinski definition) is 3. The lowest BCUT2D eigenvalue weighted by atomic mass is 10.0. The number of thioether (sulfide) groups is 1. The quantitative estimate of drug-likeness (QED) is 0.454. The number of nitrogens with one attached hydrogen (secondary N) is 1. The van der Waals surface area contributed by atoms with E-state index in [4.69, 9.17) is 11.6 Å². The van der Waals surface area contributed by atoms with Crippen LogP contribution in [0.1, 0.15) is 62.9 Å². The van der Waals surface area contributed by atoms with Gasteiger partial charge in [0.05, 0.1) is 11.8 Å². The highest BCUT2D eigenvalue weighted by atomic mass is 35.5. The number of benzene rings is 3. The first-order valence-electron chi connectivity index (χ1n) is 11.7. The van der Waals surface area contributed by atoms with Crippen molar-refractivity contribution in [3.05, 3.63) is 105 Å². The first-order chi connectivity index (χ1) is 16.5. The largest absolute Gasteiger partial charge is 0.346 e. The Kier molecular flexibility index (Phi) is 6.66. The van der Waals surface area contributed by atoms with Gasteiger partial charge in [-0.1, -0.05) is 54.1 Å². The minimum Gasteiger partial charge on any atom is -0.346 e. The van der Waals surface area contributed by atoms with E-state index in [9.17, 15) is 9.59 Å². The van der Waals surface area contributed by atoms with Gasteiger partial charge in [-0.25, -0.2) is 0 Å². The number of nitrogens with zero attached hydrogens (tertiary/aromatic N) is 1. The fourth-order valence-electron chi connectivity index (χ4n) is 4.71. The van der Waals surface area contributed by atoms with Crippen LogP contribution in [0.3, 0.4) is 0 Å². The summed E-state index contributed by atoms with van der Waals surface area (Å²) in [6.07, 6.45) is 3.50. The molecule has 34 heavy (non-hydrogen) atoms. The molecule has 0 saturated carbocycles. The summed E-state index contributed by atoms with van der Waals surface area (Å²) in [4.78, 5) is 27.3. The molecule has 6 heteroatoms. The third-order valence-corrected chi connectivity index (χ3v) is 8.17. The first kappa shape index (κ1) is 23.0. The lowest BCUT2D eigenvalue weighted by Gasteiger charge is -2.24. The van der Waals surface area contributed by atoms with E-state index < -0.39 is 0 Å². The second kappa shape index (κ2) is 9.85. The Bertz CT molecular complexity index is 1210. The number of fused-ring (bicyclic) bond motifs is 1. The van der Waals surface area contributed by atoms with Crippen LogP contribution in [0.5, 0.6) is 0 Å².